The van der Waals surface area contributed by atoms with Gasteiger partial charge in [0, 0.05) is 41.3 Å². The van der Waals surface area contributed by atoms with Gasteiger partial charge in [0.15, 0.2) is 0 Å². The molecule has 5 fully saturated rings. The second-order valence-electron chi connectivity index (χ2n) is 10.3. The average molecular weight is 586 g/mol. The molecule has 0 aliphatic carbocycles. The lowest BCUT2D eigenvalue weighted by Gasteiger charge is -2.23. The number of hydrogen-bond acceptors (Lipinski definition) is 8. The maximum Gasteiger partial charge on any atom is 0.326 e. The Morgan fingerprint density at radius 1 is 0.795 bits per heavy atom. The van der Waals surface area contributed by atoms with Gasteiger partial charge >= 0.3 is 24.0 Å². The molecule has 0 saturated carbocycles. The van der Waals surface area contributed by atoms with Gasteiger partial charge in [-0.1, -0.05) is 6.42 Å². The third kappa shape index (κ3) is 7.29. The first-order valence-electron chi connectivity index (χ1n) is 13.3. The Hall–Kier alpha value is -2.68. The summed E-state index contributed by atoms with van der Waals surface area (Å²) >= 11 is 3.63. The summed E-state index contributed by atoms with van der Waals surface area (Å²) in [6.07, 6.45) is 4.66. The molecular weight excluding hydrogens is 550 g/mol. The number of unbranched alkanes of at least 4 members (excludes halogenated alkanes) is 1. The third-order valence-corrected chi connectivity index (χ3v) is 10.7. The van der Waals surface area contributed by atoms with E-state index in [4.69, 9.17) is 5.11 Å². The van der Waals surface area contributed by atoms with E-state index in [2.05, 4.69) is 21.3 Å². The maximum atomic E-state index is 11.7. The Balaban J connectivity index is 0.000000193. The number of hydrogen-bond donors (Lipinski definition) is 6. The zero-order chi connectivity index (χ0) is 28.1. The van der Waals surface area contributed by atoms with E-state index in [1.54, 1.807) is 11.8 Å². The second kappa shape index (κ2) is 13.1. The van der Waals surface area contributed by atoms with Crippen LogP contribution in [0.2, 0.25) is 0 Å². The van der Waals surface area contributed by atoms with Crippen LogP contribution in [-0.4, -0.2) is 103 Å². The monoisotopic (exact) mass is 585 g/mol. The molecule has 2 unspecified atom stereocenters. The fourth-order valence-corrected chi connectivity index (χ4v) is 8.81. The summed E-state index contributed by atoms with van der Waals surface area (Å²) in [4.78, 5) is 68.5. The van der Waals surface area contributed by atoms with Gasteiger partial charge in [0.2, 0.25) is 11.8 Å². The minimum atomic E-state index is -1.14. The molecule has 5 rings (SSSR count). The zero-order valence-corrected chi connectivity index (χ0v) is 23.1. The Morgan fingerprint density at radius 2 is 1.31 bits per heavy atom. The molecule has 5 heterocycles. The Kier molecular flexibility index (Phi) is 9.86. The van der Waals surface area contributed by atoms with Crippen molar-refractivity contribution >= 4 is 59.3 Å². The highest BCUT2D eigenvalue weighted by Gasteiger charge is 2.44. The molecule has 0 bridgehead atoms. The summed E-state index contributed by atoms with van der Waals surface area (Å²) in [5.74, 6) is -0.851. The van der Waals surface area contributed by atoms with E-state index in [1.807, 2.05) is 11.8 Å². The lowest BCUT2D eigenvalue weighted by Crippen LogP contribution is -2.44. The highest BCUT2D eigenvalue weighted by molar-refractivity contribution is 8.00. The second-order valence-corrected chi connectivity index (χ2v) is 12.9. The SMILES string of the molecule is O=C(O)CCCC[C@@H]1SC[C@@H]2NC(=O)N[C@@H]21.O=C1N[C@H]2CSC(CCCC(C(=O)O)N3C(=O)CCC3=O)[C@H]2N1. The van der Waals surface area contributed by atoms with Gasteiger partial charge in [-0.05, 0) is 32.1 Å². The van der Waals surface area contributed by atoms with Crippen molar-refractivity contribution in [2.75, 3.05) is 11.5 Å². The largest absolute Gasteiger partial charge is 0.481 e. The highest BCUT2D eigenvalue weighted by atomic mass is 32.2. The summed E-state index contributed by atoms with van der Waals surface area (Å²) in [5, 5.41) is 30.1. The molecular formula is C24H35N5O8S2. The van der Waals surface area contributed by atoms with Crippen LogP contribution < -0.4 is 21.3 Å². The number of carboxylic acids is 2. The minimum Gasteiger partial charge on any atom is -0.481 e. The number of nitrogens with one attached hydrogen (secondary N) is 4. The van der Waals surface area contributed by atoms with Gasteiger partial charge in [-0.3, -0.25) is 19.3 Å². The van der Waals surface area contributed by atoms with Gasteiger partial charge in [-0.2, -0.15) is 23.5 Å². The predicted octanol–water partition coefficient (Wildman–Crippen LogP) is 0.721. The van der Waals surface area contributed by atoms with Crippen LogP contribution in [0, 0.1) is 0 Å². The molecule has 6 amide bonds. The maximum absolute atomic E-state index is 11.7. The number of aliphatic carboxylic acids is 2. The Bertz CT molecular complexity index is 984. The molecule has 13 nitrogen and oxygen atoms in total. The zero-order valence-electron chi connectivity index (χ0n) is 21.4. The number of nitrogens with zero attached hydrogens (tertiary/aromatic N) is 1. The van der Waals surface area contributed by atoms with Gasteiger partial charge in [0.25, 0.3) is 0 Å². The van der Waals surface area contributed by atoms with Crippen molar-refractivity contribution in [3.63, 3.8) is 0 Å². The molecule has 0 aromatic heterocycles. The molecule has 0 spiro atoms. The van der Waals surface area contributed by atoms with Crippen LogP contribution in [0.15, 0.2) is 0 Å². The van der Waals surface area contributed by atoms with E-state index < -0.39 is 29.8 Å². The summed E-state index contributed by atoms with van der Waals surface area (Å²) in [5.41, 5.74) is 0. The number of rotatable bonds is 11. The Labute approximate surface area is 234 Å². The van der Waals surface area contributed by atoms with Crippen LogP contribution in [0.25, 0.3) is 0 Å². The van der Waals surface area contributed by atoms with Crippen LogP contribution in [-0.2, 0) is 19.2 Å². The number of carbonyl (C=O) groups excluding carboxylic acids is 4. The van der Waals surface area contributed by atoms with Crippen LogP contribution in [0.5, 0.6) is 0 Å². The van der Waals surface area contributed by atoms with E-state index in [0.717, 1.165) is 42.1 Å². The number of urea groups is 2. The molecule has 5 saturated heterocycles. The van der Waals surface area contributed by atoms with Crippen molar-refractivity contribution in [1.29, 1.82) is 0 Å². The lowest BCUT2D eigenvalue weighted by atomic mass is 10.0. The molecule has 216 valence electrons. The van der Waals surface area contributed by atoms with Crippen molar-refractivity contribution in [1.82, 2.24) is 26.2 Å². The van der Waals surface area contributed by atoms with E-state index in [-0.39, 0.29) is 67.2 Å². The lowest BCUT2D eigenvalue weighted by molar-refractivity contribution is -0.154. The molecule has 5 aliphatic heterocycles. The van der Waals surface area contributed by atoms with Crippen LogP contribution in [0.3, 0.4) is 0 Å². The van der Waals surface area contributed by atoms with Crippen molar-refractivity contribution in [3.8, 4) is 0 Å². The summed E-state index contributed by atoms with van der Waals surface area (Å²) < 4.78 is 0. The van der Waals surface area contributed by atoms with Gasteiger partial charge < -0.3 is 31.5 Å². The summed E-state index contributed by atoms with van der Waals surface area (Å²) in [6.45, 7) is 0. The highest BCUT2D eigenvalue weighted by Crippen LogP contribution is 2.34. The number of carboxylic acid groups (broad SMARTS) is 2. The van der Waals surface area contributed by atoms with E-state index >= 15 is 0 Å². The predicted molar refractivity (Wildman–Crippen MR) is 143 cm³/mol. The van der Waals surface area contributed by atoms with Crippen molar-refractivity contribution < 1.29 is 39.0 Å². The number of thioether (sulfide) groups is 2. The van der Waals surface area contributed by atoms with Gasteiger partial charge in [-0.15, -0.1) is 0 Å². The normalized spacial score (nSPS) is 31.4. The van der Waals surface area contributed by atoms with Crippen molar-refractivity contribution in [3.05, 3.63) is 0 Å². The summed E-state index contributed by atoms with van der Waals surface area (Å²) in [7, 11) is 0. The number of likely N-dealkylation sites (tertiary alicyclic amines) is 1. The van der Waals surface area contributed by atoms with Gasteiger partial charge in [-0.25, -0.2) is 14.4 Å². The van der Waals surface area contributed by atoms with Crippen LogP contribution in [0.4, 0.5) is 9.59 Å². The van der Waals surface area contributed by atoms with Crippen LogP contribution >= 0.6 is 23.5 Å². The van der Waals surface area contributed by atoms with Crippen molar-refractivity contribution in [2.24, 2.45) is 0 Å². The molecule has 0 aromatic carbocycles. The quantitative estimate of drug-likeness (QED) is 0.114. The molecule has 15 heteroatoms. The van der Waals surface area contributed by atoms with E-state index in [0.29, 0.717) is 11.7 Å². The smallest absolute Gasteiger partial charge is 0.326 e. The molecule has 0 radical (unpaired) electrons. The van der Waals surface area contributed by atoms with Gasteiger partial charge in [0.1, 0.15) is 6.04 Å². The fraction of sp³-hybridized carbons (Fsp3) is 0.750. The van der Waals surface area contributed by atoms with E-state index in [1.165, 1.54) is 0 Å². The number of fused-ring (bicyclic) bond motifs is 2. The molecule has 5 aliphatic rings. The molecule has 7 atom stereocenters. The number of amides is 6. The Morgan fingerprint density at radius 3 is 1.79 bits per heavy atom. The number of imide groups is 1. The topological polar surface area (TPSA) is 194 Å². The molecule has 6 N–H and O–H groups in total. The summed E-state index contributed by atoms with van der Waals surface area (Å²) in [6, 6.07) is -0.576. The number of carbonyl (C=O) groups is 6. The van der Waals surface area contributed by atoms with E-state index in [9.17, 15) is 33.9 Å². The molecule has 39 heavy (non-hydrogen) atoms. The van der Waals surface area contributed by atoms with Crippen LogP contribution in [0.1, 0.15) is 57.8 Å². The van der Waals surface area contributed by atoms with Crippen molar-refractivity contribution in [2.45, 2.75) is 98.5 Å². The first-order valence-corrected chi connectivity index (χ1v) is 15.4. The average Bonchev–Trinajstić information content (AvgIpc) is 3.66. The minimum absolute atomic E-state index is 0.0640. The van der Waals surface area contributed by atoms with Gasteiger partial charge in [0.05, 0.1) is 24.2 Å². The fourth-order valence-electron chi connectivity index (χ4n) is 5.72. The molecule has 0 aromatic rings. The standard InChI is InChI=1S/C14H19N3O5S.C10H16N2O3S/c18-10-4-5-11(19)17(10)8(13(20)21)2-1-3-9-12-7(6-23-9)15-14(22)16-12;13-8(14)4-2-1-3-7-9-6(5-16-7)11-10(15)12-9/h7-9,12H,1-6H2,(H,20,21)(H2,15,16,22);6-7,9H,1-5H2,(H,13,14)(H2,11,12,15)/t7-,8?,9?,12-;6-,7-,9-/m00/s1. The first kappa shape index (κ1) is 29.3. The first-order chi connectivity index (χ1) is 18.6. The third-order valence-electron chi connectivity index (χ3n) is 7.66.